The lowest BCUT2D eigenvalue weighted by molar-refractivity contribution is 0.748. The second-order valence-electron chi connectivity index (χ2n) is 6.71. The molecule has 3 N–H and O–H groups in total. The Balaban J connectivity index is 2.06. The van der Waals surface area contributed by atoms with Gasteiger partial charge in [0.05, 0.1) is 0 Å². The number of aromatic nitrogens is 1. The van der Waals surface area contributed by atoms with Crippen LogP contribution in [0, 0.1) is 6.92 Å². The van der Waals surface area contributed by atoms with Crippen LogP contribution in [0.4, 0.5) is 5.69 Å². The Labute approximate surface area is 144 Å². The molecule has 24 heavy (non-hydrogen) atoms. The lowest BCUT2D eigenvalue weighted by Crippen LogP contribution is -2.07. The highest BCUT2D eigenvalue weighted by Crippen LogP contribution is 2.33. The summed E-state index contributed by atoms with van der Waals surface area (Å²) in [6.45, 7) is 2.91. The number of aromatic amines is 1. The summed E-state index contributed by atoms with van der Waals surface area (Å²) >= 11 is 0. The zero-order chi connectivity index (χ0) is 17.1. The molecule has 1 aromatic heterocycles. The molecule has 0 aliphatic carbocycles. The molecule has 0 unspecified atom stereocenters. The standard InChI is InChI=1S/C21H27N3/c1-15-7-12-20-19(14-15)18(6-4-5-13-22)21(23-20)16-8-10-17(11-9-16)24(2)3/h7-12,14,23H,4-6,13,22H2,1-3H3. The molecule has 0 aliphatic rings. The summed E-state index contributed by atoms with van der Waals surface area (Å²) in [6, 6.07) is 15.4. The molecule has 0 spiro atoms. The number of anilines is 1. The van der Waals surface area contributed by atoms with Crippen molar-refractivity contribution in [3.05, 3.63) is 53.6 Å². The van der Waals surface area contributed by atoms with Gasteiger partial charge in [0.1, 0.15) is 0 Å². The molecule has 126 valence electrons. The number of unbranched alkanes of at least 4 members (excludes halogenated alkanes) is 1. The Morgan fingerprint density at radius 1 is 1.00 bits per heavy atom. The van der Waals surface area contributed by atoms with E-state index in [1.165, 1.54) is 39.0 Å². The molecular formula is C21H27N3. The van der Waals surface area contributed by atoms with Crippen LogP contribution in [0.3, 0.4) is 0 Å². The molecule has 0 saturated heterocycles. The van der Waals surface area contributed by atoms with Crippen LogP contribution in [0.25, 0.3) is 22.2 Å². The monoisotopic (exact) mass is 321 g/mol. The first-order valence-electron chi connectivity index (χ1n) is 8.69. The van der Waals surface area contributed by atoms with Crippen LogP contribution in [0.5, 0.6) is 0 Å². The number of rotatable bonds is 6. The third kappa shape index (κ3) is 3.31. The minimum Gasteiger partial charge on any atom is -0.378 e. The molecule has 0 radical (unpaired) electrons. The van der Waals surface area contributed by atoms with Crippen LogP contribution in [0.1, 0.15) is 24.0 Å². The predicted molar refractivity (Wildman–Crippen MR) is 105 cm³/mol. The normalized spacial score (nSPS) is 11.2. The van der Waals surface area contributed by atoms with Gasteiger partial charge in [-0.3, -0.25) is 0 Å². The lowest BCUT2D eigenvalue weighted by atomic mass is 9.99. The van der Waals surface area contributed by atoms with Crippen LogP contribution in [-0.4, -0.2) is 25.6 Å². The summed E-state index contributed by atoms with van der Waals surface area (Å²) in [4.78, 5) is 5.76. The number of H-pyrrole nitrogens is 1. The summed E-state index contributed by atoms with van der Waals surface area (Å²) in [6.07, 6.45) is 3.25. The molecule has 0 fully saturated rings. The average molecular weight is 321 g/mol. The van der Waals surface area contributed by atoms with Gasteiger partial charge < -0.3 is 15.6 Å². The van der Waals surface area contributed by atoms with Gasteiger partial charge in [0.25, 0.3) is 0 Å². The summed E-state index contributed by atoms with van der Waals surface area (Å²) in [5.74, 6) is 0. The van der Waals surface area contributed by atoms with Crippen molar-refractivity contribution in [2.75, 3.05) is 25.5 Å². The molecule has 3 aromatic rings. The number of nitrogens with one attached hydrogen (secondary N) is 1. The van der Waals surface area contributed by atoms with Gasteiger partial charge in [0.15, 0.2) is 0 Å². The highest BCUT2D eigenvalue weighted by atomic mass is 15.1. The van der Waals surface area contributed by atoms with Crippen molar-refractivity contribution < 1.29 is 0 Å². The van der Waals surface area contributed by atoms with Gasteiger partial charge in [0, 0.05) is 36.4 Å². The van der Waals surface area contributed by atoms with Gasteiger partial charge in [-0.25, -0.2) is 0 Å². The fourth-order valence-electron chi connectivity index (χ4n) is 3.24. The number of nitrogens with two attached hydrogens (primary N) is 1. The summed E-state index contributed by atoms with van der Waals surface area (Å²) in [7, 11) is 4.14. The fraction of sp³-hybridized carbons (Fsp3) is 0.333. The first-order chi connectivity index (χ1) is 11.6. The van der Waals surface area contributed by atoms with Crippen LogP contribution in [-0.2, 0) is 6.42 Å². The second-order valence-corrected chi connectivity index (χ2v) is 6.71. The minimum atomic E-state index is 0.758. The third-order valence-electron chi connectivity index (χ3n) is 4.61. The van der Waals surface area contributed by atoms with Crippen LogP contribution in [0.15, 0.2) is 42.5 Å². The summed E-state index contributed by atoms with van der Waals surface area (Å²) in [5.41, 5.74) is 13.3. The molecule has 1 heterocycles. The van der Waals surface area contributed by atoms with Gasteiger partial charge in [-0.1, -0.05) is 23.8 Å². The van der Waals surface area contributed by atoms with Crippen molar-refractivity contribution in [1.82, 2.24) is 4.98 Å². The zero-order valence-electron chi connectivity index (χ0n) is 14.9. The second kappa shape index (κ2) is 7.10. The van der Waals surface area contributed by atoms with E-state index in [0.29, 0.717) is 0 Å². The van der Waals surface area contributed by atoms with Gasteiger partial charge in [-0.2, -0.15) is 0 Å². The third-order valence-corrected chi connectivity index (χ3v) is 4.61. The predicted octanol–water partition coefficient (Wildman–Crippen LogP) is 4.49. The molecule has 0 saturated carbocycles. The molecule has 3 rings (SSSR count). The van der Waals surface area contributed by atoms with E-state index < -0.39 is 0 Å². The molecule has 3 heteroatoms. The van der Waals surface area contributed by atoms with Gasteiger partial charge in [0.2, 0.25) is 0 Å². The Hall–Kier alpha value is -2.26. The van der Waals surface area contributed by atoms with Gasteiger partial charge in [-0.15, -0.1) is 0 Å². The highest BCUT2D eigenvalue weighted by molar-refractivity contribution is 5.91. The highest BCUT2D eigenvalue weighted by Gasteiger charge is 2.13. The van der Waals surface area contributed by atoms with Crippen molar-refractivity contribution in [2.24, 2.45) is 5.73 Å². The van der Waals surface area contributed by atoms with Crippen LogP contribution in [0.2, 0.25) is 0 Å². The number of hydrogen-bond donors (Lipinski definition) is 2. The van der Waals surface area contributed by atoms with Crippen LogP contribution < -0.4 is 10.6 Å². The van der Waals surface area contributed by atoms with Crippen molar-refractivity contribution >= 4 is 16.6 Å². The Kier molecular flexibility index (Phi) is 4.91. The molecule has 0 amide bonds. The number of aryl methyl sites for hydroxylation is 2. The van der Waals surface area contributed by atoms with E-state index in [9.17, 15) is 0 Å². The van der Waals surface area contributed by atoms with E-state index in [2.05, 4.69) is 73.4 Å². The SMILES string of the molecule is Cc1ccc2[nH]c(-c3ccc(N(C)C)cc3)c(CCCCN)c2c1. The van der Waals surface area contributed by atoms with Crippen molar-refractivity contribution in [3.63, 3.8) is 0 Å². The Bertz CT molecular complexity index is 813. The lowest BCUT2D eigenvalue weighted by Gasteiger charge is -2.13. The molecule has 2 aromatic carbocycles. The maximum atomic E-state index is 5.69. The van der Waals surface area contributed by atoms with E-state index in [0.717, 1.165) is 25.8 Å². The largest absolute Gasteiger partial charge is 0.378 e. The van der Waals surface area contributed by atoms with E-state index >= 15 is 0 Å². The number of hydrogen-bond acceptors (Lipinski definition) is 2. The molecule has 3 nitrogen and oxygen atoms in total. The van der Waals surface area contributed by atoms with Crippen molar-refractivity contribution in [3.8, 4) is 11.3 Å². The molecule has 0 bridgehead atoms. The number of fused-ring (bicyclic) bond motifs is 1. The van der Waals surface area contributed by atoms with Crippen molar-refractivity contribution in [2.45, 2.75) is 26.2 Å². The molecule has 0 aliphatic heterocycles. The Morgan fingerprint density at radius 3 is 2.42 bits per heavy atom. The Morgan fingerprint density at radius 2 is 1.75 bits per heavy atom. The van der Waals surface area contributed by atoms with E-state index in [1.807, 2.05) is 0 Å². The number of nitrogens with zero attached hydrogens (tertiary/aromatic N) is 1. The van der Waals surface area contributed by atoms with Crippen molar-refractivity contribution in [1.29, 1.82) is 0 Å². The maximum absolute atomic E-state index is 5.69. The van der Waals surface area contributed by atoms with E-state index in [4.69, 9.17) is 5.73 Å². The molecule has 0 atom stereocenters. The first kappa shape index (κ1) is 16.6. The minimum absolute atomic E-state index is 0.758. The average Bonchev–Trinajstić information content (AvgIpc) is 2.93. The van der Waals surface area contributed by atoms with E-state index in [-0.39, 0.29) is 0 Å². The summed E-state index contributed by atoms with van der Waals surface area (Å²) in [5, 5.41) is 1.35. The van der Waals surface area contributed by atoms with Gasteiger partial charge >= 0.3 is 0 Å². The topological polar surface area (TPSA) is 45.0 Å². The first-order valence-corrected chi connectivity index (χ1v) is 8.69. The van der Waals surface area contributed by atoms with E-state index in [1.54, 1.807) is 0 Å². The zero-order valence-corrected chi connectivity index (χ0v) is 14.9. The van der Waals surface area contributed by atoms with Crippen LogP contribution >= 0.6 is 0 Å². The fourth-order valence-corrected chi connectivity index (χ4v) is 3.24. The smallest absolute Gasteiger partial charge is 0.0497 e. The summed E-state index contributed by atoms with van der Waals surface area (Å²) < 4.78 is 0. The quantitative estimate of drug-likeness (QED) is 0.657. The van der Waals surface area contributed by atoms with Gasteiger partial charge in [-0.05, 0) is 68.1 Å². The maximum Gasteiger partial charge on any atom is 0.0497 e. The molecular weight excluding hydrogens is 294 g/mol. The number of benzene rings is 2.